The van der Waals surface area contributed by atoms with Crippen LogP contribution < -0.4 is 0 Å². The smallest absolute Gasteiger partial charge is 0.181 e. The van der Waals surface area contributed by atoms with Gasteiger partial charge in [-0.15, -0.1) is 0 Å². The minimum atomic E-state index is -1.10. The Hall–Kier alpha value is -0.770. The van der Waals surface area contributed by atoms with E-state index in [-0.39, 0.29) is 23.4 Å². The number of hydrogen-bond donors (Lipinski definition) is 0. The second kappa shape index (κ2) is 4.90. The molecule has 4 rings (SSSR count). The number of alkyl halides is 2. The van der Waals surface area contributed by atoms with Crippen LogP contribution in [0, 0.1) is 22.7 Å². The van der Waals surface area contributed by atoms with Crippen LogP contribution in [0.25, 0.3) is 0 Å². The summed E-state index contributed by atoms with van der Waals surface area (Å²) in [4.78, 5) is 24.5. The van der Waals surface area contributed by atoms with Crippen LogP contribution in [-0.2, 0) is 9.59 Å². The monoisotopic (exact) mass is 394 g/mol. The largest absolute Gasteiger partial charge is 0.299 e. The zero-order valence-electron chi connectivity index (χ0n) is 14.3. The van der Waals surface area contributed by atoms with Crippen LogP contribution >= 0.6 is 15.9 Å². The van der Waals surface area contributed by atoms with Crippen LogP contribution in [0.4, 0.5) is 4.39 Å². The molecule has 2 nitrogen and oxygen atoms in total. The number of allylic oxidation sites excluding steroid dienone is 2. The lowest BCUT2D eigenvalue weighted by Crippen LogP contribution is -2.65. The molecule has 0 amide bonds. The zero-order valence-corrected chi connectivity index (χ0v) is 15.9. The van der Waals surface area contributed by atoms with E-state index < -0.39 is 21.3 Å². The molecule has 0 N–H and O–H groups in total. The Morgan fingerprint density at radius 3 is 2.58 bits per heavy atom. The quantitative estimate of drug-likeness (QED) is 0.439. The van der Waals surface area contributed by atoms with Gasteiger partial charge in [-0.2, -0.15) is 0 Å². The van der Waals surface area contributed by atoms with Gasteiger partial charge in [0.15, 0.2) is 5.78 Å². The van der Waals surface area contributed by atoms with Crippen LogP contribution in [0.15, 0.2) is 23.8 Å². The highest BCUT2D eigenvalue weighted by molar-refractivity contribution is 9.10. The minimum absolute atomic E-state index is 0.0101. The average Bonchev–Trinajstić information content (AvgIpc) is 2.79. The molecule has 0 aliphatic heterocycles. The molecule has 0 bridgehead atoms. The third-order valence-corrected chi connectivity index (χ3v) is 9.68. The van der Waals surface area contributed by atoms with E-state index in [9.17, 15) is 9.59 Å². The summed E-state index contributed by atoms with van der Waals surface area (Å²) in [5, 5.41) is 0. The highest BCUT2D eigenvalue weighted by atomic mass is 79.9. The Kier molecular flexibility index (Phi) is 3.40. The molecule has 0 spiro atoms. The summed E-state index contributed by atoms with van der Waals surface area (Å²) in [6.07, 6.45) is 4.53. The standard InChI is InChI=1S/C20H24BrFO2/c1-11-9-19(3)12(8-15(11)23)4-5-14-13-6-7-17(24)18(13,2)10-16(22)20(14,19)21/h8,13-14,16H,1,4-7,9-10H2,2-3H3/t13-,14-,16-,18-,19-,20-/m0/s1. The van der Waals surface area contributed by atoms with E-state index >= 15 is 4.39 Å². The summed E-state index contributed by atoms with van der Waals surface area (Å²) in [6, 6.07) is 0. The Labute approximate surface area is 151 Å². The maximum atomic E-state index is 15.7. The Morgan fingerprint density at radius 1 is 1.21 bits per heavy atom. The molecule has 0 aromatic rings. The second-order valence-corrected chi connectivity index (χ2v) is 10.0. The van der Waals surface area contributed by atoms with Crippen LogP contribution in [-0.4, -0.2) is 22.1 Å². The van der Waals surface area contributed by atoms with Gasteiger partial charge in [0, 0.05) is 17.3 Å². The van der Waals surface area contributed by atoms with Gasteiger partial charge in [0.2, 0.25) is 0 Å². The maximum absolute atomic E-state index is 15.7. The Balaban J connectivity index is 1.85. The van der Waals surface area contributed by atoms with Gasteiger partial charge in [0.1, 0.15) is 12.0 Å². The minimum Gasteiger partial charge on any atom is -0.299 e. The average molecular weight is 395 g/mol. The van der Waals surface area contributed by atoms with Crippen LogP contribution in [0.1, 0.15) is 52.4 Å². The molecule has 0 saturated heterocycles. The first kappa shape index (κ1) is 16.7. The molecule has 0 heterocycles. The van der Waals surface area contributed by atoms with Crippen LogP contribution in [0.2, 0.25) is 0 Å². The van der Waals surface area contributed by atoms with E-state index in [1.54, 1.807) is 6.08 Å². The van der Waals surface area contributed by atoms with Crippen molar-refractivity contribution in [3.05, 3.63) is 23.8 Å². The summed E-state index contributed by atoms with van der Waals surface area (Å²) in [7, 11) is 0. The Morgan fingerprint density at radius 2 is 1.88 bits per heavy atom. The van der Waals surface area contributed by atoms with Gasteiger partial charge in [-0.25, -0.2) is 4.39 Å². The van der Waals surface area contributed by atoms with Crippen molar-refractivity contribution in [1.29, 1.82) is 0 Å². The summed E-state index contributed by atoms with van der Waals surface area (Å²) in [6.45, 7) is 7.99. The van der Waals surface area contributed by atoms with E-state index in [1.807, 2.05) is 6.92 Å². The molecule has 4 aliphatic carbocycles. The first-order valence-electron chi connectivity index (χ1n) is 8.94. The molecule has 4 heteroatoms. The molecule has 4 aliphatic rings. The summed E-state index contributed by atoms with van der Waals surface area (Å²) >= 11 is 3.88. The van der Waals surface area contributed by atoms with Gasteiger partial charge in [-0.05, 0) is 55.6 Å². The van der Waals surface area contributed by atoms with E-state index in [0.717, 1.165) is 24.8 Å². The summed E-state index contributed by atoms with van der Waals surface area (Å²) in [5.74, 6) is 0.588. The SMILES string of the molecule is C=C1C[C@@]2(C)C(=CC1=O)CC[C@H]1[C@@H]3CCC(=O)[C@@]3(C)C[C@H](F)[C@@]12Br. The number of fused-ring (bicyclic) bond motifs is 5. The number of Topliss-reactive ketones (excluding diaryl/α,β-unsaturated/α-hetero) is 1. The lowest BCUT2D eigenvalue weighted by molar-refractivity contribution is -0.135. The number of hydrogen-bond acceptors (Lipinski definition) is 2. The number of rotatable bonds is 0. The molecule has 3 fully saturated rings. The molecule has 3 saturated carbocycles. The molecular formula is C20H24BrFO2. The Bertz CT molecular complexity index is 698. The molecule has 0 aromatic carbocycles. The number of ketones is 2. The fourth-order valence-corrected chi connectivity index (χ4v) is 7.41. The van der Waals surface area contributed by atoms with Crippen molar-refractivity contribution in [3.8, 4) is 0 Å². The topological polar surface area (TPSA) is 34.1 Å². The third kappa shape index (κ3) is 1.76. The lowest BCUT2D eigenvalue weighted by Gasteiger charge is -2.63. The fourth-order valence-electron chi connectivity index (χ4n) is 6.31. The molecule has 0 unspecified atom stereocenters. The van der Waals surface area contributed by atoms with E-state index in [4.69, 9.17) is 0 Å². The van der Waals surface area contributed by atoms with Crippen LogP contribution in [0.5, 0.6) is 0 Å². The first-order valence-corrected chi connectivity index (χ1v) is 9.73. The summed E-state index contributed by atoms with van der Waals surface area (Å²) in [5.41, 5.74) is 0.681. The number of halogens is 2. The van der Waals surface area contributed by atoms with Gasteiger partial charge in [0.05, 0.1) is 4.32 Å². The third-order valence-electron chi connectivity index (χ3n) is 7.72. The van der Waals surface area contributed by atoms with Crippen molar-refractivity contribution >= 4 is 27.5 Å². The van der Waals surface area contributed by atoms with Crippen molar-refractivity contribution in [1.82, 2.24) is 0 Å². The zero-order chi connectivity index (χ0) is 17.5. The van der Waals surface area contributed by atoms with Crippen molar-refractivity contribution in [2.24, 2.45) is 22.7 Å². The molecular weight excluding hydrogens is 371 g/mol. The molecule has 130 valence electrons. The van der Waals surface area contributed by atoms with Crippen molar-refractivity contribution in [2.45, 2.75) is 62.9 Å². The van der Waals surface area contributed by atoms with Gasteiger partial charge >= 0.3 is 0 Å². The van der Waals surface area contributed by atoms with Gasteiger partial charge in [-0.3, -0.25) is 9.59 Å². The number of carbonyl (C=O) groups is 2. The second-order valence-electron chi connectivity index (χ2n) is 8.72. The van der Waals surface area contributed by atoms with E-state index in [1.165, 1.54) is 0 Å². The predicted octanol–water partition coefficient (Wildman–Crippen LogP) is 4.72. The van der Waals surface area contributed by atoms with Gasteiger partial charge in [0.25, 0.3) is 0 Å². The van der Waals surface area contributed by atoms with Crippen molar-refractivity contribution in [2.75, 3.05) is 0 Å². The van der Waals surface area contributed by atoms with Gasteiger partial charge in [-0.1, -0.05) is 41.9 Å². The maximum Gasteiger partial charge on any atom is 0.181 e. The first-order chi connectivity index (χ1) is 11.1. The van der Waals surface area contributed by atoms with E-state index in [0.29, 0.717) is 24.8 Å². The highest BCUT2D eigenvalue weighted by Gasteiger charge is 2.69. The lowest BCUT2D eigenvalue weighted by atomic mass is 9.46. The summed E-state index contributed by atoms with van der Waals surface area (Å²) < 4.78 is 15.0. The van der Waals surface area contributed by atoms with E-state index in [2.05, 4.69) is 29.4 Å². The highest BCUT2D eigenvalue weighted by Crippen LogP contribution is 2.70. The molecule has 0 radical (unpaired) electrons. The van der Waals surface area contributed by atoms with Crippen molar-refractivity contribution in [3.63, 3.8) is 0 Å². The van der Waals surface area contributed by atoms with Crippen LogP contribution in [0.3, 0.4) is 0 Å². The fraction of sp³-hybridized carbons (Fsp3) is 0.700. The number of carbonyl (C=O) groups excluding carboxylic acids is 2. The predicted molar refractivity (Wildman–Crippen MR) is 94.7 cm³/mol. The normalized spacial score (nSPS) is 50.9. The van der Waals surface area contributed by atoms with Gasteiger partial charge < -0.3 is 0 Å². The molecule has 6 atom stereocenters. The molecule has 0 aromatic heterocycles. The van der Waals surface area contributed by atoms with Crippen molar-refractivity contribution < 1.29 is 14.0 Å². The molecule has 24 heavy (non-hydrogen) atoms.